The predicted octanol–water partition coefficient (Wildman–Crippen LogP) is 2.34. The van der Waals surface area contributed by atoms with Crippen LogP contribution >= 0.6 is 28.1 Å². The van der Waals surface area contributed by atoms with Crippen LogP contribution < -0.4 is 10.6 Å². The first-order valence-corrected chi connectivity index (χ1v) is 7.94. The van der Waals surface area contributed by atoms with Gasteiger partial charge in [-0.1, -0.05) is 12.2 Å². The van der Waals surface area contributed by atoms with Crippen molar-refractivity contribution in [2.24, 2.45) is 5.73 Å². The lowest BCUT2D eigenvalue weighted by Gasteiger charge is -2.43. The first kappa shape index (κ1) is 15.7. The number of halogens is 1. The second-order valence-electron chi connectivity index (χ2n) is 5.72. The number of nitrogens with zero attached hydrogens (tertiary/aromatic N) is 3. The summed E-state index contributed by atoms with van der Waals surface area (Å²) in [6.07, 6.45) is 1.91. The Morgan fingerprint density at radius 2 is 1.95 bits per heavy atom. The molecule has 110 valence electrons. The van der Waals surface area contributed by atoms with Crippen molar-refractivity contribution in [3.63, 3.8) is 0 Å². The average molecular weight is 357 g/mol. The summed E-state index contributed by atoms with van der Waals surface area (Å²) in [6.45, 7) is 9.96. The van der Waals surface area contributed by atoms with E-state index in [-0.39, 0.29) is 5.54 Å². The van der Waals surface area contributed by atoms with E-state index in [1.807, 2.05) is 13.1 Å². The molecule has 1 aromatic heterocycles. The number of pyridine rings is 1. The fourth-order valence-corrected chi connectivity index (χ4v) is 3.24. The van der Waals surface area contributed by atoms with Gasteiger partial charge in [0.1, 0.15) is 5.82 Å². The van der Waals surface area contributed by atoms with Crippen molar-refractivity contribution in [3.8, 4) is 0 Å². The number of rotatable bonds is 3. The van der Waals surface area contributed by atoms with Gasteiger partial charge in [0.25, 0.3) is 0 Å². The van der Waals surface area contributed by atoms with Crippen LogP contribution in [0.15, 0.2) is 16.7 Å². The number of thiocarbonyl (C=S) groups is 1. The van der Waals surface area contributed by atoms with Crippen LogP contribution in [0.5, 0.6) is 0 Å². The van der Waals surface area contributed by atoms with E-state index in [1.165, 1.54) is 0 Å². The number of aryl methyl sites for hydroxylation is 1. The third-order valence-corrected chi connectivity index (χ3v) is 5.01. The lowest BCUT2D eigenvalue weighted by molar-refractivity contribution is 0.168. The summed E-state index contributed by atoms with van der Waals surface area (Å²) in [6, 6.07) is 2.10. The van der Waals surface area contributed by atoms with Crippen LogP contribution in [0.4, 0.5) is 5.82 Å². The van der Waals surface area contributed by atoms with Crippen molar-refractivity contribution in [2.75, 3.05) is 31.1 Å². The maximum absolute atomic E-state index is 5.84. The molecule has 2 rings (SSSR count). The zero-order chi connectivity index (χ0) is 14.9. The van der Waals surface area contributed by atoms with Crippen LogP contribution in [0, 0.1) is 6.92 Å². The molecular weight excluding hydrogens is 336 g/mol. The molecule has 1 aromatic rings. The van der Waals surface area contributed by atoms with Crippen molar-refractivity contribution in [3.05, 3.63) is 22.3 Å². The van der Waals surface area contributed by atoms with Crippen LogP contribution in [0.1, 0.15) is 19.4 Å². The Bertz CT molecular complexity index is 510. The van der Waals surface area contributed by atoms with Crippen LogP contribution in [0.2, 0.25) is 0 Å². The largest absolute Gasteiger partial charge is 0.392 e. The van der Waals surface area contributed by atoms with Crippen LogP contribution in [-0.2, 0) is 0 Å². The van der Waals surface area contributed by atoms with E-state index in [2.05, 4.69) is 50.6 Å². The van der Waals surface area contributed by atoms with Gasteiger partial charge in [0.15, 0.2) is 0 Å². The minimum Gasteiger partial charge on any atom is -0.392 e. The van der Waals surface area contributed by atoms with E-state index in [9.17, 15) is 0 Å². The minimum absolute atomic E-state index is 0.223. The quantitative estimate of drug-likeness (QED) is 0.842. The van der Waals surface area contributed by atoms with E-state index >= 15 is 0 Å². The molecule has 0 spiro atoms. The molecule has 0 unspecified atom stereocenters. The third kappa shape index (κ3) is 3.13. The molecule has 0 aromatic carbocycles. The van der Waals surface area contributed by atoms with Crippen molar-refractivity contribution in [1.29, 1.82) is 0 Å². The van der Waals surface area contributed by atoms with Gasteiger partial charge >= 0.3 is 0 Å². The minimum atomic E-state index is -0.223. The number of aromatic nitrogens is 1. The summed E-state index contributed by atoms with van der Waals surface area (Å²) in [5.41, 5.74) is 6.78. The zero-order valence-electron chi connectivity index (χ0n) is 12.2. The van der Waals surface area contributed by atoms with E-state index in [4.69, 9.17) is 18.0 Å². The summed E-state index contributed by atoms with van der Waals surface area (Å²) in [4.78, 5) is 9.73. The molecule has 1 aliphatic heterocycles. The monoisotopic (exact) mass is 356 g/mol. The molecule has 0 amide bonds. The first-order chi connectivity index (χ1) is 9.32. The molecule has 0 radical (unpaired) electrons. The van der Waals surface area contributed by atoms with E-state index in [0.717, 1.165) is 42.0 Å². The number of hydrogen-bond acceptors (Lipinski definition) is 4. The molecule has 0 atom stereocenters. The average Bonchev–Trinajstić information content (AvgIpc) is 2.38. The summed E-state index contributed by atoms with van der Waals surface area (Å²) in [5.74, 6) is 1.02. The molecule has 0 aliphatic carbocycles. The van der Waals surface area contributed by atoms with Crippen molar-refractivity contribution < 1.29 is 0 Å². The van der Waals surface area contributed by atoms with E-state index in [1.54, 1.807) is 0 Å². The molecular formula is C14H21BrN4S. The lowest BCUT2D eigenvalue weighted by atomic mass is 10.0. The second kappa shape index (κ2) is 5.95. The van der Waals surface area contributed by atoms with Gasteiger partial charge < -0.3 is 10.6 Å². The second-order valence-corrected chi connectivity index (χ2v) is 7.01. The Kier molecular flexibility index (Phi) is 4.66. The Balaban J connectivity index is 2.06. The third-order valence-electron chi connectivity index (χ3n) is 3.93. The van der Waals surface area contributed by atoms with Gasteiger partial charge in [-0.15, -0.1) is 0 Å². The molecule has 1 saturated heterocycles. The van der Waals surface area contributed by atoms with Crippen LogP contribution in [-0.4, -0.2) is 46.6 Å². The SMILES string of the molecule is Cc1cnc(N2CCN(C(C)(C)C(N)=S)CC2)c(Br)c1. The van der Waals surface area contributed by atoms with Crippen LogP contribution in [0.3, 0.4) is 0 Å². The Morgan fingerprint density at radius 1 is 1.35 bits per heavy atom. The highest BCUT2D eigenvalue weighted by atomic mass is 79.9. The van der Waals surface area contributed by atoms with Gasteiger partial charge in [-0.25, -0.2) is 4.98 Å². The normalized spacial score (nSPS) is 17.3. The maximum Gasteiger partial charge on any atom is 0.142 e. The molecule has 1 aliphatic rings. The Morgan fingerprint density at radius 3 is 2.45 bits per heavy atom. The summed E-state index contributed by atoms with van der Waals surface area (Å²) >= 11 is 8.78. The van der Waals surface area contributed by atoms with Gasteiger partial charge in [0.2, 0.25) is 0 Å². The highest BCUT2D eigenvalue weighted by Crippen LogP contribution is 2.26. The molecule has 1 fully saturated rings. The number of nitrogens with two attached hydrogens (primary N) is 1. The predicted molar refractivity (Wildman–Crippen MR) is 91.3 cm³/mol. The van der Waals surface area contributed by atoms with Crippen molar-refractivity contribution in [2.45, 2.75) is 26.3 Å². The van der Waals surface area contributed by atoms with Crippen LogP contribution in [0.25, 0.3) is 0 Å². The Labute approximate surface area is 134 Å². The summed E-state index contributed by atoms with van der Waals surface area (Å²) < 4.78 is 1.06. The smallest absolute Gasteiger partial charge is 0.142 e. The van der Waals surface area contributed by atoms with Gasteiger partial charge in [-0.05, 0) is 48.3 Å². The molecule has 0 bridgehead atoms. The molecule has 4 nitrogen and oxygen atoms in total. The van der Waals surface area contributed by atoms with Crippen molar-refractivity contribution in [1.82, 2.24) is 9.88 Å². The molecule has 6 heteroatoms. The first-order valence-electron chi connectivity index (χ1n) is 6.74. The molecule has 20 heavy (non-hydrogen) atoms. The molecule has 0 saturated carbocycles. The topological polar surface area (TPSA) is 45.4 Å². The lowest BCUT2D eigenvalue weighted by Crippen LogP contribution is -2.59. The maximum atomic E-state index is 5.84. The van der Waals surface area contributed by atoms with Gasteiger partial charge in [0, 0.05) is 32.4 Å². The van der Waals surface area contributed by atoms with Gasteiger partial charge in [-0.3, -0.25) is 4.90 Å². The van der Waals surface area contributed by atoms with Gasteiger partial charge in [0.05, 0.1) is 15.0 Å². The number of piperazine rings is 1. The number of hydrogen-bond donors (Lipinski definition) is 1. The van der Waals surface area contributed by atoms with E-state index < -0.39 is 0 Å². The molecule has 2 N–H and O–H groups in total. The summed E-state index contributed by atoms with van der Waals surface area (Å²) in [5, 5.41) is 0. The zero-order valence-corrected chi connectivity index (χ0v) is 14.6. The highest BCUT2D eigenvalue weighted by molar-refractivity contribution is 9.10. The standard InChI is InChI=1S/C14H21BrN4S/c1-10-8-11(15)12(17-9-10)18-4-6-19(7-5-18)14(2,3)13(16)20/h8-9H,4-7H2,1-3H3,(H2,16,20). The highest BCUT2D eigenvalue weighted by Gasteiger charge is 2.32. The fraction of sp³-hybridized carbons (Fsp3) is 0.571. The fourth-order valence-electron chi connectivity index (χ4n) is 2.39. The van der Waals surface area contributed by atoms with E-state index in [0.29, 0.717) is 4.99 Å². The summed E-state index contributed by atoms with van der Waals surface area (Å²) in [7, 11) is 0. The Hall–Kier alpha value is -0.720. The molecule has 2 heterocycles. The van der Waals surface area contributed by atoms with Crippen molar-refractivity contribution >= 4 is 39.0 Å². The van der Waals surface area contributed by atoms with Gasteiger partial charge in [-0.2, -0.15) is 0 Å². The number of anilines is 1.